The van der Waals surface area contributed by atoms with Crippen molar-refractivity contribution in [3.8, 4) is 5.69 Å². The largest absolute Gasteiger partial charge is 0.341 e. The van der Waals surface area contributed by atoms with Gasteiger partial charge >= 0.3 is 0 Å². The van der Waals surface area contributed by atoms with Crippen molar-refractivity contribution in [3.05, 3.63) is 82.9 Å². The maximum Gasteiger partial charge on any atom is 0.222 e. The molecule has 6 heteroatoms. The molecule has 0 unspecified atom stereocenters. The molecule has 1 aromatic heterocycles. The van der Waals surface area contributed by atoms with Gasteiger partial charge in [-0.15, -0.1) is 0 Å². The maximum atomic E-state index is 13.9. The van der Waals surface area contributed by atoms with Gasteiger partial charge < -0.3 is 4.90 Å². The van der Waals surface area contributed by atoms with Crippen LogP contribution in [-0.4, -0.2) is 27.6 Å². The summed E-state index contributed by atoms with van der Waals surface area (Å²) in [6.45, 7) is 0.146. The molecule has 3 rings (SSSR count). The van der Waals surface area contributed by atoms with E-state index in [9.17, 15) is 9.18 Å². The number of halogens is 2. The molecule has 0 aliphatic carbocycles. The van der Waals surface area contributed by atoms with Crippen LogP contribution in [0, 0.1) is 5.82 Å². The highest BCUT2D eigenvalue weighted by molar-refractivity contribution is 6.31. The summed E-state index contributed by atoms with van der Waals surface area (Å²) in [6.07, 6.45) is 4.56. The van der Waals surface area contributed by atoms with Gasteiger partial charge in [0.25, 0.3) is 0 Å². The third-order valence-corrected chi connectivity index (χ3v) is 4.52. The molecule has 0 spiro atoms. The van der Waals surface area contributed by atoms with Gasteiger partial charge in [0.15, 0.2) is 0 Å². The first-order chi connectivity index (χ1) is 12.5. The van der Waals surface area contributed by atoms with Gasteiger partial charge in [-0.3, -0.25) is 4.79 Å². The van der Waals surface area contributed by atoms with E-state index in [0.717, 1.165) is 11.3 Å². The summed E-state index contributed by atoms with van der Waals surface area (Å²) in [6, 6.07) is 14.3. The number of aryl methyl sites for hydroxylation is 1. The molecule has 0 saturated carbocycles. The molecule has 1 amide bonds. The molecule has 4 nitrogen and oxygen atoms in total. The van der Waals surface area contributed by atoms with Crippen molar-refractivity contribution in [2.75, 3.05) is 7.05 Å². The lowest BCUT2D eigenvalue weighted by molar-refractivity contribution is -0.130. The Morgan fingerprint density at radius 2 is 1.96 bits per heavy atom. The van der Waals surface area contributed by atoms with Gasteiger partial charge in [-0.1, -0.05) is 35.9 Å². The van der Waals surface area contributed by atoms with Gasteiger partial charge in [0.1, 0.15) is 5.82 Å². The first-order valence-electron chi connectivity index (χ1n) is 8.30. The number of hydrogen-bond acceptors (Lipinski definition) is 2. The van der Waals surface area contributed by atoms with Crippen molar-refractivity contribution in [2.45, 2.75) is 19.4 Å². The standard InChI is InChI=1S/C20H19ClFN3O/c1-24(14-17-18(21)8-5-9-19(17)22)20(26)11-10-15-12-23-25(13-15)16-6-3-2-4-7-16/h2-9,12-13H,10-11,14H2,1H3. The van der Waals surface area contributed by atoms with Gasteiger partial charge in [0, 0.05) is 36.8 Å². The lowest BCUT2D eigenvalue weighted by Gasteiger charge is -2.18. The number of hydrogen-bond donors (Lipinski definition) is 0. The zero-order valence-corrected chi connectivity index (χ0v) is 15.2. The SMILES string of the molecule is CN(Cc1c(F)cccc1Cl)C(=O)CCc1cnn(-c2ccccc2)c1. The molecule has 0 atom stereocenters. The minimum atomic E-state index is -0.402. The molecule has 0 aliphatic rings. The average molecular weight is 372 g/mol. The monoisotopic (exact) mass is 371 g/mol. The number of amides is 1. The minimum absolute atomic E-state index is 0.0724. The summed E-state index contributed by atoms with van der Waals surface area (Å²) in [5.74, 6) is -0.474. The van der Waals surface area contributed by atoms with Crippen LogP contribution in [0.4, 0.5) is 4.39 Å². The Kier molecular flexibility index (Phi) is 5.68. The predicted molar refractivity (Wildman–Crippen MR) is 99.8 cm³/mol. The van der Waals surface area contributed by atoms with Crippen molar-refractivity contribution in [3.63, 3.8) is 0 Å². The molecule has 0 aliphatic heterocycles. The molecule has 0 saturated heterocycles. The molecule has 134 valence electrons. The highest BCUT2D eigenvalue weighted by atomic mass is 35.5. The van der Waals surface area contributed by atoms with Crippen LogP contribution in [0.1, 0.15) is 17.5 Å². The zero-order valence-electron chi connectivity index (χ0n) is 14.4. The van der Waals surface area contributed by atoms with Crippen LogP contribution in [0.3, 0.4) is 0 Å². The van der Waals surface area contributed by atoms with E-state index in [2.05, 4.69) is 5.10 Å². The van der Waals surface area contributed by atoms with Crippen molar-refractivity contribution in [1.29, 1.82) is 0 Å². The van der Waals surface area contributed by atoms with Gasteiger partial charge in [-0.25, -0.2) is 9.07 Å². The Balaban J connectivity index is 1.58. The van der Waals surface area contributed by atoms with E-state index in [4.69, 9.17) is 11.6 Å². The van der Waals surface area contributed by atoms with Crippen molar-refractivity contribution in [2.24, 2.45) is 0 Å². The van der Waals surface area contributed by atoms with E-state index in [0.29, 0.717) is 23.4 Å². The molecule has 0 fully saturated rings. The molecule has 2 aromatic carbocycles. The number of rotatable bonds is 6. The van der Waals surface area contributed by atoms with Crippen molar-refractivity contribution in [1.82, 2.24) is 14.7 Å². The topological polar surface area (TPSA) is 38.1 Å². The normalized spacial score (nSPS) is 10.7. The third kappa shape index (κ3) is 4.29. The maximum absolute atomic E-state index is 13.9. The van der Waals surface area contributed by atoms with Gasteiger partial charge in [0.05, 0.1) is 11.9 Å². The lowest BCUT2D eigenvalue weighted by Crippen LogP contribution is -2.27. The first kappa shape index (κ1) is 18.1. The predicted octanol–water partition coefficient (Wildman–Crippen LogP) is 4.26. The van der Waals surface area contributed by atoms with E-state index in [1.165, 1.54) is 11.0 Å². The Morgan fingerprint density at radius 1 is 1.19 bits per heavy atom. The fourth-order valence-corrected chi connectivity index (χ4v) is 2.88. The number of aromatic nitrogens is 2. The summed E-state index contributed by atoms with van der Waals surface area (Å²) >= 11 is 6.02. The Morgan fingerprint density at radius 3 is 2.69 bits per heavy atom. The van der Waals surface area contributed by atoms with Gasteiger partial charge in [0.2, 0.25) is 5.91 Å². The van der Waals surface area contributed by atoms with E-state index >= 15 is 0 Å². The van der Waals surface area contributed by atoms with Crippen LogP contribution in [0.5, 0.6) is 0 Å². The van der Waals surface area contributed by atoms with Crippen LogP contribution < -0.4 is 0 Å². The second kappa shape index (κ2) is 8.15. The molecular weight excluding hydrogens is 353 g/mol. The number of benzene rings is 2. The third-order valence-electron chi connectivity index (χ3n) is 4.17. The fourth-order valence-electron chi connectivity index (χ4n) is 2.66. The van der Waals surface area contributed by atoms with Crippen LogP contribution in [0.15, 0.2) is 60.9 Å². The fraction of sp³-hybridized carbons (Fsp3) is 0.200. The summed E-state index contributed by atoms with van der Waals surface area (Å²) in [4.78, 5) is 13.8. The number of para-hydroxylation sites is 1. The Bertz CT molecular complexity index is 875. The molecular formula is C20H19ClFN3O. The van der Waals surface area contributed by atoms with Crippen LogP contribution in [-0.2, 0) is 17.8 Å². The van der Waals surface area contributed by atoms with E-state index in [-0.39, 0.29) is 12.5 Å². The number of carbonyl (C=O) groups excluding carboxylic acids is 1. The molecule has 26 heavy (non-hydrogen) atoms. The first-order valence-corrected chi connectivity index (χ1v) is 8.68. The molecule has 3 aromatic rings. The average Bonchev–Trinajstić information content (AvgIpc) is 3.12. The smallest absolute Gasteiger partial charge is 0.222 e. The zero-order chi connectivity index (χ0) is 18.5. The highest BCUT2D eigenvalue weighted by Crippen LogP contribution is 2.20. The van der Waals surface area contributed by atoms with Crippen LogP contribution in [0.25, 0.3) is 5.69 Å². The molecule has 0 bridgehead atoms. The van der Waals surface area contributed by atoms with Crippen molar-refractivity contribution < 1.29 is 9.18 Å². The molecule has 0 radical (unpaired) electrons. The quantitative estimate of drug-likeness (QED) is 0.649. The number of carbonyl (C=O) groups is 1. The van der Waals surface area contributed by atoms with Gasteiger partial charge in [-0.2, -0.15) is 5.10 Å². The lowest BCUT2D eigenvalue weighted by atomic mass is 10.1. The van der Waals surface area contributed by atoms with E-state index in [1.54, 1.807) is 30.1 Å². The Labute approximate surface area is 156 Å². The highest BCUT2D eigenvalue weighted by Gasteiger charge is 2.14. The number of nitrogens with zero attached hydrogens (tertiary/aromatic N) is 3. The van der Waals surface area contributed by atoms with E-state index < -0.39 is 5.82 Å². The summed E-state index contributed by atoms with van der Waals surface area (Å²) in [5.41, 5.74) is 2.28. The van der Waals surface area contributed by atoms with Gasteiger partial charge in [-0.05, 0) is 36.2 Å². The molecule has 0 N–H and O–H groups in total. The summed E-state index contributed by atoms with van der Waals surface area (Å²) < 4.78 is 15.6. The van der Waals surface area contributed by atoms with Crippen molar-refractivity contribution >= 4 is 17.5 Å². The van der Waals surface area contributed by atoms with Crippen LogP contribution >= 0.6 is 11.6 Å². The summed E-state index contributed by atoms with van der Waals surface area (Å²) in [7, 11) is 1.65. The molecule has 1 heterocycles. The van der Waals surface area contributed by atoms with Crippen LogP contribution in [0.2, 0.25) is 5.02 Å². The Hall–Kier alpha value is -2.66. The second-order valence-corrected chi connectivity index (χ2v) is 6.49. The minimum Gasteiger partial charge on any atom is -0.341 e. The summed E-state index contributed by atoms with van der Waals surface area (Å²) in [5, 5.41) is 4.65. The second-order valence-electron chi connectivity index (χ2n) is 6.08. The van der Waals surface area contributed by atoms with E-state index in [1.807, 2.05) is 36.5 Å².